The van der Waals surface area contributed by atoms with Crippen LogP contribution in [0.2, 0.25) is 0 Å². The summed E-state index contributed by atoms with van der Waals surface area (Å²) >= 11 is 0. The van der Waals surface area contributed by atoms with E-state index in [9.17, 15) is 18.0 Å². The summed E-state index contributed by atoms with van der Waals surface area (Å²) in [5, 5.41) is 0. The van der Waals surface area contributed by atoms with Gasteiger partial charge in [0.15, 0.2) is 5.78 Å². The molecule has 1 aromatic rings. The Hall–Kier alpha value is -1.52. The first-order valence-electron chi connectivity index (χ1n) is 6.21. The molecule has 2 rings (SSSR count). The average molecular weight is 272 g/mol. The van der Waals surface area contributed by atoms with Gasteiger partial charge in [-0.05, 0) is 25.0 Å². The van der Waals surface area contributed by atoms with Crippen molar-refractivity contribution in [3.8, 4) is 5.75 Å². The zero-order valence-corrected chi connectivity index (χ0v) is 10.6. The number of Topliss-reactive ketones (excluding diaryl/α,β-unsaturated/α-hetero) is 1. The quantitative estimate of drug-likeness (QED) is 0.765. The van der Waals surface area contributed by atoms with Crippen molar-refractivity contribution in [2.75, 3.05) is 0 Å². The lowest BCUT2D eigenvalue weighted by molar-refractivity contribution is -0.274. The summed E-state index contributed by atoms with van der Waals surface area (Å²) in [6.07, 6.45) is -1.19. The first kappa shape index (κ1) is 13.9. The molecule has 0 N–H and O–H groups in total. The fourth-order valence-corrected chi connectivity index (χ4v) is 2.57. The van der Waals surface area contributed by atoms with Gasteiger partial charge in [-0.15, -0.1) is 13.2 Å². The SMILES string of the molecule is CC1(C(=O)c2cccc(OC(F)(F)F)c2)CCCC1. The second kappa shape index (κ2) is 4.87. The van der Waals surface area contributed by atoms with Crippen LogP contribution in [0.4, 0.5) is 13.2 Å². The molecular weight excluding hydrogens is 257 g/mol. The Labute approximate surface area is 109 Å². The highest BCUT2D eigenvalue weighted by Crippen LogP contribution is 2.40. The molecule has 1 aliphatic rings. The van der Waals surface area contributed by atoms with Crippen LogP contribution >= 0.6 is 0 Å². The van der Waals surface area contributed by atoms with E-state index < -0.39 is 11.8 Å². The van der Waals surface area contributed by atoms with Crippen molar-refractivity contribution in [2.45, 2.75) is 39.0 Å². The third-order valence-electron chi connectivity index (χ3n) is 3.59. The Morgan fingerprint density at radius 1 is 1.26 bits per heavy atom. The summed E-state index contributed by atoms with van der Waals surface area (Å²) in [7, 11) is 0. The number of carbonyl (C=O) groups excluding carboxylic acids is 1. The van der Waals surface area contributed by atoms with Crippen molar-refractivity contribution in [2.24, 2.45) is 5.41 Å². The topological polar surface area (TPSA) is 26.3 Å². The van der Waals surface area contributed by atoms with E-state index in [-0.39, 0.29) is 17.1 Å². The van der Waals surface area contributed by atoms with Crippen LogP contribution in [0.5, 0.6) is 5.75 Å². The smallest absolute Gasteiger partial charge is 0.406 e. The number of alkyl halides is 3. The van der Waals surface area contributed by atoms with Gasteiger partial charge >= 0.3 is 6.36 Å². The molecule has 0 aliphatic heterocycles. The van der Waals surface area contributed by atoms with Crippen molar-refractivity contribution >= 4 is 5.78 Å². The van der Waals surface area contributed by atoms with Gasteiger partial charge in [0, 0.05) is 11.0 Å². The number of hydrogen-bond donors (Lipinski definition) is 0. The Kier molecular flexibility index (Phi) is 3.56. The summed E-state index contributed by atoms with van der Waals surface area (Å²) in [5.41, 5.74) is -0.164. The Morgan fingerprint density at radius 3 is 2.47 bits per heavy atom. The molecule has 0 bridgehead atoms. The lowest BCUT2D eigenvalue weighted by atomic mass is 9.81. The molecule has 5 heteroatoms. The van der Waals surface area contributed by atoms with E-state index in [0.717, 1.165) is 25.7 Å². The number of rotatable bonds is 3. The summed E-state index contributed by atoms with van der Waals surface area (Å²) in [6, 6.07) is 5.31. The maximum Gasteiger partial charge on any atom is 0.573 e. The van der Waals surface area contributed by atoms with Crippen LogP contribution in [0.1, 0.15) is 43.0 Å². The molecule has 0 unspecified atom stereocenters. The van der Waals surface area contributed by atoms with Gasteiger partial charge in [0.2, 0.25) is 0 Å². The highest BCUT2D eigenvalue weighted by molar-refractivity contribution is 6.00. The maximum absolute atomic E-state index is 12.3. The first-order valence-corrected chi connectivity index (χ1v) is 6.21. The van der Waals surface area contributed by atoms with E-state index in [1.165, 1.54) is 24.3 Å². The normalized spacial score (nSPS) is 18.3. The molecule has 1 saturated carbocycles. The van der Waals surface area contributed by atoms with Gasteiger partial charge in [-0.2, -0.15) is 0 Å². The minimum Gasteiger partial charge on any atom is -0.406 e. The molecule has 1 aromatic carbocycles. The van der Waals surface area contributed by atoms with Gasteiger partial charge in [0.05, 0.1) is 0 Å². The van der Waals surface area contributed by atoms with Crippen molar-refractivity contribution < 1.29 is 22.7 Å². The molecule has 0 amide bonds. The fourth-order valence-electron chi connectivity index (χ4n) is 2.57. The largest absolute Gasteiger partial charge is 0.573 e. The monoisotopic (exact) mass is 272 g/mol. The second-order valence-corrected chi connectivity index (χ2v) is 5.17. The minimum atomic E-state index is -4.74. The average Bonchev–Trinajstić information content (AvgIpc) is 2.74. The van der Waals surface area contributed by atoms with Gasteiger partial charge in [-0.25, -0.2) is 0 Å². The number of hydrogen-bond acceptors (Lipinski definition) is 2. The number of carbonyl (C=O) groups is 1. The van der Waals surface area contributed by atoms with Crippen LogP contribution < -0.4 is 4.74 Å². The molecule has 19 heavy (non-hydrogen) atoms. The van der Waals surface area contributed by atoms with E-state index >= 15 is 0 Å². The van der Waals surface area contributed by atoms with Gasteiger partial charge in [0.1, 0.15) is 5.75 Å². The molecular formula is C14H15F3O2. The van der Waals surface area contributed by atoms with Crippen LogP contribution in [0.15, 0.2) is 24.3 Å². The highest BCUT2D eigenvalue weighted by Gasteiger charge is 2.37. The third kappa shape index (κ3) is 3.28. The van der Waals surface area contributed by atoms with Crippen LogP contribution in [-0.2, 0) is 0 Å². The van der Waals surface area contributed by atoms with E-state index in [1.807, 2.05) is 6.92 Å². The van der Waals surface area contributed by atoms with Crippen molar-refractivity contribution in [1.29, 1.82) is 0 Å². The zero-order valence-electron chi connectivity index (χ0n) is 10.6. The molecule has 0 aromatic heterocycles. The predicted octanol–water partition coefficient (Wildman–Crippen LogP) is 4.35. The number of ketones is 1. The molecule has 1 fully saturated rings. The predicted molar refractivity (Wildman–Crippen MR) is 64.0 cm³/mol. The molecule has 1 aliphatic carbocycles. The van der Waals surface area contributed by atoms with Gasteiger partial charge in [-0.1, -0.05) is 31.9 Å². The van der Waals surface area contributed by atoms with Crippen molar-refractivity contribution in [3.05, 3.63) is 29.8 Å². The van der Waals surface area contributed by atoms with Crippen LogP contribution in [0.3, 0.4) is 0 Å². The number of halogens is 3. The highest BCUT2D eigenvalue weighted by atomic mass is 19.4. The van der Waals surface area contributed by atoms with Crippen LogP contribution in [0.25, 0.3) is 0 Å². The maximum atomic E-state index is 12.3. The summed E-state index contributed by atoms with van der Waals surface area (Å²) in [6.45, 7) is 1.87. The molecule has 0 saturated heterocycles. The Bertz CT molecular complexity index is 474. The second-order valence-electron chi connectivity index (χ2n) is 5.17. The number of benzene rings is 1. The molecule has 0 heterocycles. The lowest BCUT2D eigenvalue weighted by Gasteiger charge is -2.22. The van der Waals surface area contributed by atoms with Crippen LogP contribution in [-0.4, -0.2) is 12.1 Å². The zero-order chi connectivity index (χ0) is 14.1. The molecule has 0 atom stereocenters. The van der Waals surface area contributed by atoms with E-state index in [0.29, 0.717) is 0 Å². The van der Waals surface area contributed by atoms with Crippen LogP contribution in [0, 0.1) is 5.41 Å². The molecule has 2 nitrogen and oxygen atoms in total. The molecule has 0 spiro atoms. The molecule has 0 radical (unpaired) electrons. The number of ether oxygens (including phenoxy) is 1. The molecule has 104 valence electrons. The van der Waals surface area contributed by atoms with Gasteiger partial charge in [-0.3, -0.25) is 4.79 Å². The summed E-state index contributed by atoms with van der Waals surface area (Å²) in [4.78, 5) is 12.3. The van der Waals surface area contributed by atoms with E-state index in [1.54, 1.807) is 0 Å². The lowest BCUT2D eigenvalue weighted by Crippen LogP contribution is -2.24. The first-order chi connectivity index (χ1) is 8.80. The van der Waals surface area contributed by atoms with E-state index in [2.05, 4.69) is 4.74 Å². The Balaban J connectivity index is 2.21. The van der Waals surface area contributed by atoms with Crippen molar-refractivity contribution in [3.63, 3.8) is 0 Å². The standard InChI is InChI=1S/C14H15F3O2/c1-13(7-2-3-8-13)12(18)10-5-4-6-11(9-10)19-14(15,16)17/h4-6,9H,2-3,7-8H2,1H3. The fraction of sp³-hybridized carbons (Fsp3) is 0.500. The Morgan fingerprint density at radius 2 is 1.89 bits per heavy atom. The van der Waals surface area contributed by atoms with E-state index in [4.69, 9.17) is 0 Å². The van der Waals surface area contributed by atoms with Crippen molar-refractivity contribution in [1.82, 2.24) is 0 Å². The summed E-state index contributed by atoms with van der Waals surface area (Å²) < 4.78 is 40.3. The minimum absolute atomic E-state index is 0.0994. The van der Waals surface area contributed by atoms with Gasteiger partial charge < -0.3 is 4.74 Å². The van der Waals surface area contributed by atoms with Gasteiger partial charge in [0.25, 0.3) is 0 Å². The summed E-state index contributed by atoms with van der Waals surface area (Å²) in [5.74, 6) is -0.447. The third-order valence-corrected chi connectivity index (χ3v) is 3.59.